The van der Waals surface area contributed by atoms with E-state index in [0.29, 0.717) is 18.0 Å². The van der Waals surface area contributed by atoms with Crippen molar-refractivity contribution in [3.05, 3.63) is 0 Å². The Hall–Kier alpha value is 0.230. The number of hydrogen-bond acceptors (Lipinski definition) is 4. The number of rotatable bonds is 3. The van der Waals surface area contributed by atoms with Gasteiger partial charge in [-0.05, 0) is 32.9 Å². The minimum atomic E-state index is 0.595. The minimum Gasteiger partial charge on any atom is -0.381 e. The smallest absolute Gasteiger partial charge is 0.0509 e. The van der Waals surface area contributed by atoms with Gasteiger partial charge in [0.1, 0.15) is 0 Å². The Bertz CT molecular complexity index is 209. The van der Waals surface area contributed by atoms with Crippen LogP contribution in [0.1, 0.15) is 12.8 Å². The number of ether oxygens (including phenoxy) is 1. The molecule has 2 aliphatic heterocycles. The molecule has 0 bridgehead atoms. The quantitative estimate of drug-likeness (QED) is 0.802. The van der Waals surface area contributed by atoms with Crippen molar-refractivity contribution in [1.29, 1.82) is 0 Å². The van der Waals surface area contributed by atoms with Gasteiger partial charge in [-0.15, -0.1) is 0 Å². The molecule has 0 amide bonds. The third kappa shape index (κ3) is 2.92. The molecule has 3 nitrogen and oxygen atoms in total. The SMILES string of the molecule is CNC(C1CCCOC1)C1CSCCN1C. The van der Waals surface area contributed by atoms with Gasteiger partial charge >= 0.3 is 0 Å². The predicted molar refractivity (Wildman–Crippen MR) is 70.1 cm³/mol. The average molecular weight is 244 g/mol. The lowest BCUT2D eigenvalue weighted by atomic mass is 9.88. The van der Waals surface area contributed by atoms with E-state index in [9.17, 15) is 0 Å². The zero-order chi connectivity index (χ0) is 11.4. The molecule has 94 valence electrons. The average Bonchev–Trinajstić information content (AvgIpc) is 2.34. The van der Waals surface area contributed by atoms with E-state index in [1.54, 1.807) is 0 Å². The first-order valence-electron chi connectivity index (χ1n) is 6.36. The van der Waals surface area contributed by atoms with Crippen LogP contribution in [-0.4, -0.2) is 62.3 Å². The Labute approximate surface area is 103 Å². The van der Waals surface area contributed by atoms with E-state index >= 15 is 0 Å². The zero-order valence-electron chi connectivity index (χ0n) is 10.4. The van der Waals surface area contributed by atoms with Gasteiger partial charge in [0, 0.05) is 36.7 Å². The van der Waals surface area contributed by atoms with E-state index < -0.39 is 0 Å². The van der Waals surface area contributed by atoms with Gasteiger partial charge in [-0.1, -0.05) is 0 Å². The van der Waals surface area contributed by atoms with Crippen LogP contribution in [0.4, 0.5) is 0 Å². The van der Waals surface area contributed by atoms with E-state index in [-0.39, 0.29) is 0 Å². The Morgan fingerprint density at radius 2 is 2.38 bits per heavy atom. The highest BCUT2D eigenvalue weighted by molar-refractivity contribution is 7.99. The van der Waals surface area contributed by atoms with Gasteiger partial charge in [0.05, 0.1) is 6.61 Å². The van der Waals surface area contributed by atoms with Gasteiger partial charge in [0.15, 0.2) is 0 Å². The maximum absolute atomic E-state index is 5.63. The largest absolute Gasteiger partial charge is 0.381 e. The standard InChI is InChI=1S/C12H24N2OS/c1-13-12(10-4-3-6-15-8-10)11-9-16-7-5-14(11)2/h10-13H,3-9H2,1-2H3. The summed E-state index contributed by atoms with van der Waals surface area (Å²) in [7, 11) is 4.37. The van der Waals surface area contributed by atoms with Crippen molar-refractivity contribution in [2.75, 3.05) is 45.4 Å². The summed E-state index contributed by atoms with van der Waals surface area (Å²) in [6.07, 6.45) is 2.55. The molecule has 0 spiro atoms. The van der Waals surface area contributed by atoms with Crippen LogP contribution in [0, 0.1) is 5.92 Å². The molecule has 16 heavy (non-hydrogen) atoms. The van der Waals surface area contributed by atoms with E-state index in [0.717, 1.165) is 13.2 Å². The summed E-state index contributed by atoms with van der Waals surface area (Å²) < 4.78 is 5.63. The molecule has 3 unspecified atom stereocenters. The van der Waals surface area contributed by atoms with E-state index in [1.165, 1.54) is 30.9 Å². The van der Waals surface area contributed by atoms with Crippen LogP contribution in [0.3, 0.4) is 0 Å². The molecular formula is C12H24N2OS. The predicted octanol–water partition coefficient (Wildman–Crippen LogP) is 1.05. The van der Waals surface area contributed by atoms with Gasteiger partial charge in [-0.25, -0.2) is 0 Å². The molecule has 2 fully saturated rings. The number of likely N-dealkylation sites (N-methyl/N-ethyl adjacent to an activating group) is 2. The molecule has 2 heterocycles. The van der Waals surface area contributed by atoms with Crippen LogP contribution in [0.5, 0.6) is 0 Å². The highest BCUT2D eigenvalue weighted by Gasteiger charge is 2.33. The molecule has 4 heteroatoms. The van der Waals surface area contributed by atoms with Crippen LogP contribution in [0.2, 0.25) is 0 Å². The van der Waals surface area contributed by atoms with Crippen molar-refractivity contribution in [3.63, 3.8) is 0 Å². The zero-order valence-corrected chi connectivity index (χ0v) is 11.3. The van der Waals surface area contributed by atoms with Crippen molar-refractivity contribution in [1.82, 2.24) is 10.2 Å². The fourth-order valence-electron chi connectivity index (χ4n) is 2.87. The lowest BCUT2D eigenvalue weighted by Gasteiger charge is -2.42. The van der Waals surface area contributed by atoms with Crippen molar-refractivity contribution >= 4 is 11.8 Å². The van der Waals surface area contributed by atoms with Crippen LogP contribution in [0.15, 0.2) is 0 Å². The second-order valence-electron chi connectivity index (χ2n) is 4.91. The van der Waals surface area contributed by atoms with Crippen molar-refractivity contribution < 1.29 is 4.74 Å². The van der Waals surface area contributed by atoms with Crippen LogP contribution >= 0.6 is 11.8 Å². The van der Waals surface area contributed by atoms with E-state index in [1.807, 2.05) is 0 Å². The van der Waals surface area contributed by atoms with Crippen LogP contribution in [-0.2, 0) is 4.74 Å². The van der Waals surface area contributed by atoms with Crippen molar-refractivity contribution in [2.45, 2.75) is 24.9 Å². The maximum atomic E-state index is 5.63. The normalized spacial score (nSPS) is 34.9. The van der Waals surface area contributed by atoms with Gasteiger partial charge in [-0.2, -0.15) is 11.8 Å². The summed E-state index contributed by atoms with van der Waals surface area (Å²) in [6.45, 7) is 3.13. The first kappa shape index (κ1) is 12.7. The van der Waals surface area contributed by atoms with Crippen LogP contribution in [0.25, 0.3) is 0 Å². The van der Waals surface area contributed by atoms with Crippen LogP contribution < -0.4 is 5.32 Å². The van der Waals surface area contributed by atoms with Gasteiger partial charge in [0.2, 0.25) is 0 Å². The summed E-state index contributed by atoms with van der Waals surface area (Å²) in [5, 5.41) is 3.54. The molecule has 0 saturated carbocycles. The molecule has 2 saturated heterocycles. The third-order valence-electron chi connectivity index (χ3n) is 3.89. The molecule has 0 aliphatic carbocycles. The molecule has 0 radical (unpaired) electrons. The summed E-state index contributed by atoms with van der Waals surface area (Å²) in [4.78, 5) is 2.52. The Morgan fingerprint density at radius 1 is 1.50 bits per heavy atom. The molecule has 3 atom stereocenters. The minimum absolute atomic E-state index is 0.595. The lowest BCUT2D eigenvalue weighted by molar-refractivity contribution is 0.0254. The Balaban J connectivity index is 1.96. The first-order valence-corrected chi connectivity index (χ1v) is 7.51. The van der Waals surface area contributed by atoms with Crippen molar-refractivity contribution in [2.24, 2.45) is 5.92 Å². The molecule has 0 aromatic carbocycles. The Kier molecular flexibility index (Phi) is 4.95. The van der Waals surface area contributed by atoms with Gasteiger partial charge in [0.25, 0.3) is 0 Å². The fourth-order valence-corrected chi connectivity index (χ4v) is 4.16. The second-order valence-corrected chi connectivity index (χ2v) is 6.06. The highest BCUT2D eigenvalue weighted by Crippen LogP contribution is 2.25. The summed E-state index contributed by atoms with van der Waals surface area (Å²) >= 11 is 2.09. The molecule has 0 aromatic rings. The molecule has 2 aliphatic rings. The number of thioether (sulfide) groups is 1. The number of nitrogens with zero attached hydrogens (tertiary/aromatic N) is 1. The topological polar surface area (TPSA) is 24.5 Å². The first-order chi connectivity index (χ1) is 7.83. The second kappa shape index (κ2) is 6.24. The monoisotopic (exact) mass is 244 g/mol. The lowest BCUT2D eigenvalue weighted by Crippen LogP contribution is -2.56. The fraction of sp³-hybridized carbons (Fsp3) is 1.00. The summed E-state index contributed by atoms with van der Waals surface area (Å²) in [6, 6.07) is 1.27. The Morgan fingerprint density at radius 3 is 3.00 bits per heavy atom. The third-order valence-corrected chi connectivity index (χ3v) is 4.94. The summed E-state index contributed by atoms with van der Waals surface area (Å²) in [5.74, 6) is 3.24. The molecular weight excluding hydrogens is 220 g/mol. The van der Waals surface area contributed by atoms with E-state index in [4.69, 9.17) is 4.74 Å². The molecule has 1 N–H and O–H groups in total. The molecule has 0 aromatic heterocycles. The maximum Gasteiger partial charge on any atom is 0.0509 e. The van der Waals surface area contributed by atoms with Crippen molar-refractivity contribution in [3.8, 4) is 0 Å². The van der Waals surface area contributed by atoms with E-state index in [2.05, 4.69) is 36.1 Å². The van der Waals surface area contributed by atoms with Gasteiger partial charge in [-0.3, -0.25) is 0 Å². The summed E-state index contributed by atoms with van der Waals surface area (Å²) in [5.41, 5.74) is 0. The number of hydrogen-bond donors (Lipinski definition) is 1. The highest BCUT2D eigenvalue weighted by atomic mass is 32.2. The van der Waals surface area contributed by atoms with Gasteiger partial charge < -0.3 is 15.0 Å². The number of nitrogens with one attached hydrogen (secondary N) is 1. The molecule has 2 rings (SSSR count).